The van der Waals surface area contributed by atoms with Crippen LogP contribution in [0.2, 0.25) is 0 Å². The molecule has 17 heavy (non-hydrogen) atoms. The van der Waals surface area contributed by atoms with E-state index < -0.39 is 0 Å². The maximum absolute atomic E-state index is 13.3. The van der Waals surface area contributed by atoms with Crippen LogP contribution in [-0.4, -0.2) is 26.0 Å². The maximum Gasteiger partial charge on any atom is 0.174 e. The summed E-state index contributed by atoms with van der Waals surface area (Å²) in [5.41, 5.74) is 0.759. The molecule has 3 nitrogen and oxygen atoms in total. The summed E-state index contributed by atoms with van der Waals surface area (Å²) in [4.78, 5) is 0. The second kappa shape index (κ2) is 7.84. The summed E-state index contributed by atoms with van der Waals surface area (Å²) in [6, 6.07) is 4.95. The molecule has 0 atom stereocenters. The average molecular weight is 353 g/mol. The number of nitrogens with one attached hydrogen (secondary N) is 1. The highest BCUT2D eigenvalue weighted by Gasteiger charge is 2.09. The molecule has 0 saturated carbocycles. The van der Waals surface area contributed by atoms with Gasteiger partial charge in [0.25, 0.3) is 0 Å². The lowest BCUT2D eigenvalue weighted by atomic mass is 10.3. The largest absolute Gasteiger partial charge is 0.379 e. The number of rotatable bonds is 7. The zero-order chi connectivity index (χ0) is 12.7. The average Bonchev–Trinajstić information content (AvgIpc) is 2.31. The topological polar surface area (TPSA) is 30.5 Å². The molecular formula is C12H17FINO2. The molecule has 0 saturated heterocycles. The van der Waals surface area contributed by atoms with Crippen molar-refractivity contribution in [2.45, 2.75) is 20.1 Å². The standard InChI is InChI=1S/C12H17FINO2/c1-3-16-11(17-4-2)8-15-10-7-5-6-9(13)12(10)14/h5-7,11,15H,3-4,8H2,1-2H3. The first-order valence-electron chi connectivity index (χ1n) is 5.60. The summed E-state index contributed by atoms with van der Waals surface area (Å²) in [7, 11) is 0. The van der Waals surface area contributed by atoms with E-state index in [9.17, 15) is 4.39 Å². The van der Waals surface area contributed by atoms with Crippen molar-refractivity contribution in [3.8, 4) is 0 Å². The third kappa shape index (κ3) is 4.77. The van der Waals surface area contributed by atoms with Crippen LogP contribution in [0, 0.1) is 9.39 Å². The molecule has 0 aliphatic rings. The van der Waals surface area contributed by atoms with Gasteiger partial charge in [0.2, 0.25) is 0 Å². The molecule has 0 bridgehead atoms. The molecule has 0 aliphatic carbocycles. The Morgan fingerprint density at radius 3 is 2.53 bits per heavy atom. The SMILES string of the molecule is CCOC(CNc1cccc(F)c1I)OCC. The Morgan fingerprint density at radius 1 is 1.29 bits per heavy atom. The minimum atomic E-state index is -0.302. The Kier molecular flexibility index (Phi) is 6.76. The first-order valence-corrected chi connectivity index (χ1v) is 6.68. The molecule has 0 aliphatic heterocycles. The van der Waals surface area contributed by atoms with Crippen LogP contribution in [0.1, 0.15) is 13.8 Å². The van der Waals surface area contributed by atoms with Gasteiger partial charge < -0.3 is 14.8 Å². The van der Waals surface area contributed by atoms with Crippen LogP contribution in [0.25, 0.3) is 0 Å². The van der Waals surface area contributed by atoms with Crippen molar-refractivity contribution in [3.05, 3.63) is 27.6 Å². The predicted octanol–water partition coefficient (Wildman–Crippen LogP) is 3.24. The zero-order valence-electron chi connectivity index (χ0n) is 10.0. The van der Waals surface area contributed by atoms with Gasteiger partial charge in [-0.15, -0.1) is 0 Å². The molecule has 0 fully saturated rings. The molecule has 0 aromatic heterocycles. The molecule has 0 amide bonds. The Bertz CT molecular complexity index is 343. The van der Waals surface area contributed by atoms with Crippen molar-refractivity contribution in [2.24, 2.45) is 0 Å². The van der Waals surface area contributed by atoms with Gasteiger partial charge in [0, 0.05) is 13.2 Å². The minimum Gasteiger partial charge on any atom is -0.379 e. The van der Waals surface area contributed by atoms with Gasteiger partial charge in [-0.2, -0.15) is 0 Å². The van der Waals surface area contributed by atoms with Crippen LogP contribution in [0.4, 0.5) is 10.1 Å². The summed E-state index contributed by atoms with van der Waals surface area (Å²) in [5.74, 6) is -0.222. The number of halogens is 2. The van der Waals surface area contributed by atoms with E-state index in [2.05, 4.69) is 5.32 Å². The molecule has 1 N–H and O–H groups in total. The fourth-order valence-electron chi connectivity index (χ4n) is 1.37. The van der Waals surface area contributed by atoms with Crippen molar-refractivity contribution in [1.29, 1.82) is 0 Å². The van der Waals surface area contributed by atoms with Crippen LogP contribution < -0.4 is 5.32 Å². The van der Waals surface area contributed by atoms with E-state index >= 15 is 0 Å². The van der Waals surface area contributed by atoms with Crippen LogP contribution in [0.15, 0.2) is 18.2 Å². The predicted molar refractivity (Wildman–Crippen MR) is 74.6 cm³/mol. The lowest BCUT2D eigenvalue weighted by molar-refractivity contribution is -0.126. The minimum absolute atomic E-state index is 0.222. The smallest absolute Gasteiger partial charge is 0.174 e. The number of hydrogen-bond acceptors (Lipinski definition) is 3. The monoisotopic (exact) mass is 353 g/mol. The normalized spacial score (nSPS) is 10.9. The third-order valence-electron chi connectivity index (χ3n) is 2.12. The number of ether oxygens (including phenoxy) is 2. The van der Waals surface area contributed by atoms with E-state index in [0.717, 1.165) is 5.69 Å². The fraction of sp³-hybridized carbons (Fsp3) is 0.500. The lowest BCUT2D eigenvalue weighted by Crippen LogP contribution is -2.26. The maximum atomic E-state index is 13.3. The molecule has 96 valence electrons. The van der Waals surface area contributed by atoms with Gasteiger partial charge in [0.15, 0.2) is 6.29 Å². The van der Waals surface area contributed by atoms with Gasteiger partial charge in [0.05, 0.1) is 15.8 Å². The third-order valence-corrected chi connectivity index (χ3v) is 3.21. The van der Waals surface area contributed by atoms with Crippen molar-refractivity contribution in [2.75, 3.05) is 25.1 Å². The molecule has 0 heterocycles. The highest BCUT2D eigenvalue weighted by atomic mass is 127. The second-order valence-electron chi connectivity index (χ2n) is 3.32. The van der Waals surface area contributed by atoms with Crippen LogP contribution in [-0.2, 0) is 9.47 Å². The molecule has 1 aromatic rings. The summed E-state index contributed by atoms with van der Waals surface area (Å²) in [6.45, 7) is 5.51. The molecule has 0 spiro atoms. The molecule has 0 radical (unpaired) electrons. The Hall–Kier alpha value is -0.400. The lowest BCUT2D eigenvalue weighted by Gasteiger charge is -2.18. The van der Waals surface area contributed by atoms with Crippen LogP contribution in [0.5, 0.6) is 0 Å². The molecule has 1 rings (SSSR count). The van der Waals surface area contributed by atoms with Crippen molar-refractivity contribution >= 4 is 28.3 Å². The van der Waals surface area contributed by atoms with E-state index in [1.165, 1.54) is 6.07 Å². The number of hydrogen-bond donors (Lipinski definition) is 1. The number of benzene rings is 1. The first-order chi connectivity index (χ1) is 8.19. The van der Waals surface area contributed by atoms with Gasteiger partial charge >= 0.3 is 0 Å². The van der Waals surface area contributed by atoms with Crippen molar-refractivity contribution < 1.29 is 13.9 Å². The Labute approximate surface area is 115 Å². The summed E-state index contributed by atoms with van der Waals surface area (Å²) in [5, 5.41) is 3.13. The molecule has 1 aromatic carbocycles. The first kappa shape index (κ1) is 14.7. The van der Waals surface area contributed by atoms with E-state index in [1.54, 1.807) is 6.07 Å². The summed E-state index contributed by atoms with van der Waals surface area (Å²) >= 11 is 1.98. The molecule has 0 unspecified atom stereocenters. The van der Waals surface area contributed by atoms with Gasteiger partial charge in [0.1, 0.15) is 5.82 Å². The van der Waals surface area contributed by atoms with E-state index in [1.807, 2.05) is 42.5 Å². The molecule has 5 heteroatoms. The fourth-order valence-corrected chi connectivity index (χ4v) is 1.92. The van der Waals surface area contributed by atoms with Crippen molar-refractivity contribution in [3.63, 3.8) is 0 Å². The van der Waals surface area contributed by atoms with Crippen molar-refractivity contribution in [1.82, 2.24) is 0 Å². The van der Waals surface area contributed by atoms with Gasteiger partial charge in [-0.25, -0.2) is 4.39 Å². The van der Waals surface area contributed by atoms with Crippen LogP contribution >= 0.6 is 22.6 Å². The summed E-state index contributed by atoms with van der Waals surface area (Å²) < 4.78 is 24.7. The van der Waals surface area contributed by atoms with E-state index in [4.69, 9.17) is 9.47 Å². The van der Waals surface area contributed by atoms with Crippen LogP contribution in [0.3, 0.4) is 0 Å². The van der Waals surface area contributed by atoms with Gasteiger partial charge in [-0.1, -0.05) is 6.07 Å². The second-order valence-corrected chi connectivity index (χ2v) is 4.40. The highest BCUT2D eigenvalue weighted by Crippen LogP contribution is 2.20. The number of anilines is 1. The van der Waals surface area contributed by atoms with E-state index in [-0.39, 0.29) is 12.1 Å². The van der Waals surface area contributed by atoms with E-state index in [0.29, 0.717) is 23.3 Å². The molecular weight excluding hydrogens is 336 g/mol. The van der Waals surface area contributed by atoms with Gasteiger partial charge in [-0.3, -0.25) is 0 Å². The Morgan fingerprint density at radius 2 is 1.94 bits per heavy atom. The Balaban J connectivity index is 2.55. The highest BCUT2D eigenvalue weighted by molar-refractivity contribution is 14.1. The van der Waals surface area contributed by atoms with Gasteiger partial charge in [-0.05, 0) is 48.6 Å². The zero-order valence-corrected chi connectivity index (χ0v) is 12.2. The quantitative estimate of drug-likeness (QED) is 0.603. The summed E-state index contributed by atoms with van der Waals surface area (Å²) in [6.07, 6.45) is -0.302.